The third-order valence-corrected chi connectivity index (χ3v) is 13.3. The van der Waals surface area contributed by atoms with E-state index in [1.165, 1.54) is 0 Å². The van der Waals surface area contributed by atoms with Crippen LogP contribution in [0.3, 0.4) is 0 Å². The molecule has 1 unspecified atom stereocenters. The highest BCUT2D eigenvalue weighted by Gasteiger charge is 2.62. The number of halogens is 3. The number of ether oxygens (including phenoxy) is 1. The van der Waals surface area contributed by atoms with Gasteiger partial charge in [0.15, 0.2) is 28.6 Å². The van der Waals surface area contributed by atoms with Gasteiger partial charge in [0.1, 0.15) is 34.0 Å². The van der Waals surface area contributed by atoms with Crippen molar-refractivity contribution in [3.8, 4) is 39.8 Å². The van der Waals surface area contributed by atoms with Crippen molar-refractivity contribution in [2.24, 2.45) is 5.92 Å². The fourth-order valence-electron chi connectivity index (χ4n) is 9.30. The van der Waals surface area contributed by atoms with Gasteiger partial charge in [0.05, 0.1) is 11.1 Å². The number of nitrogens with zero attached hydrogens (tertiary/aromatic N) is 3. The third kappa shape index (κ3) is 4.98. The molecule has 0 radical (unpaired) electrons. The van der Waals surface area contributed by atoms with E-state index in [9.17, 15) is 14.7 Å². The second-order valence-electron chi connectivity index (χ2n) is 15.8. The molecule has 4 aliphatic rings. The number of rotatable bonds is 6. The molecule has 3 aromatic carbocycles. The number of amides is 2. The molecule has 15 heteroatoms. The molecule has 7 heterocycles. The molecule has 1 spiro atoms. The summed E-state index contributed by atoms with van der Waals surface area (Å²) in [5.74, 6) is 0.0989. The van der Waals surface area contributed by atoms with E-state index in [-0.39, 0.29) is 53.6 Å². The van der Waals surface area contributed by atoms with Gasteiger partial charge in [-0.2, -0.15) is 4.98 Å². The fourth-order valence-corrected chi connectivity index (χ4v) is 10.1. The number of oxazole rings is 2. The quantitative estimate of drug-likeness (QED) is 0.129. The summed E-state index contributed by atoms with van der Waals surface area (Å²) in [5, 5.41) is 22.7. The SMILES string of the molecule is CCn1c(Cl)c2c3c(cccc31)-c1cc(Cl)cc3c1NC1Oc4ccc5cc4[C@]31c1oc(nc1-c1nc(Cl)c-2o1)[C@H](C(C)C)NC(=O)[C@@H](NC(=O)C(O)(CC)CC)C5. The Labute approximate surface area is 348 Å². The fraction of sp³-hybridized carbons (Fsp3) is 0.349. The molecule has 58 heavy (non-hydrogen) atoms. The predicted octanol–water partition coefficient (Wildman–Crippen LogP) is 8.80. The number of aliphatic hydroxyl groups is 1. The van der Waals surface area contributed by atoms with Crippen molar-refractivity contribution in [3.63, 3.8) is 0 Å². The maximum absolute atomic E-state index is 14.4. The Balaban J connectivity index is 1.31. The summed E-state index contributed by atoms with van der Waals surface area (Å²) in [4.78, 5) is 37.9. The maximum atomic E-state index is 14.4. The van der Waals surface area contributed by atoms with Gasteiger partial charge in [0.2, 0.25) is 11.8 Å². The lowest BCUT2D eigenvalue weighted by atomic mass is 9.72. The first kappa shape index (κ1) is 37.3. The van der Waals surface area contributed by atoms with E-state index in [1.807, 2.05) is 73.9 Å². The van der Waals surface area contributed by atoms with E-state index >= 15 is 0 Å². The van der Waals surface area contributed by atoms with Crippen molar-refractivity contribution in [2.45, 2.75) is 89.8 Å². The Bertz CT molecular complexity index is 2750. The van der Waals surface area contributed by atoms with Gasteiger partial charge in [-0.05, 0) is 61.1 Å². The molecule has 4 N–H and O–H groups in total. The van der Waals surface area contributed by atoms with Crippen LogP contribution >= 0.6 is 34.8 Å². The van der Waals surface area contributed by atoms with Gasteiger partial charge < -0.3 is 39.2 Å². The summed E-state index contributed by atoms with van der Waals surface area (Å²) >= 11 is 21.5. The zero-order chi connectivity index (χ0) is 40.6. The van der Waals surface area contributed by atoms with Crippen LogP contribution < -0.4 is 20.7 Å². The first-order chi connectivity index (χ1) is 27.8. The second-order valence-corrected chi connectivity index (χ2v) is 17.0. The molecule has 6 aromatic rings. The number of hydrogen-bond acceptors (Lipinski definition) is 9. The lowest BCUT2D eigenvalue weighted by molar-refractivity contribution is -0.143. The van der Waals surface area contributed by atoms with Gasteiger partial charge in [-0.3, -0.25) is 9.59 Å². The van der Waals surface area contributed by atoms with Crippen LogP contribution in [0.5, 0.6) is 5.75 Å². The van der Waals surface area contributed by atoms with E-state index in [0.29, 0.717) is 33.8 Å². The predicted molar refractivity (Wildman–Crippen MR) is 220 cm³/mol. The normalized spacial score (nSPS) is 21.2. The Kier molecular flexibility index (Phi) is 8.35. The minimum absolute atomic E-state index is 0.0806. The summed E-state index contributed by atoms with van der Waals surface area (Å²) in [6.45, 7) is 9.93. The number of fused-ring (bicyclic) bond motifs is 7. The number of carbonyl (C=O) groups excluding carboxylic acids is 2. The molecule has 0 saturated heterocycles. The molecule has 2 amide bonds. The summed E-state index contributed by atoms with van der Waals surface area (Å²) < 4.78 is 22.6. The number of benzene rings is 3. The van der Waals surface area contributed by atoms with E-state index in [2.05, 4.69) is 16.0 Å². The lowest BCUT2D eigenvalue weighted by Gasteiger charge is -2.30. The van der Waals surface area contributed by atoms with Crippen LogP contribution in [0.1, 0.15) is 81.8 Å². The number of carbonyl (C=O) groups is 2. The number of hydrogen-bond donors (Lipinski definition) is 4. The first-order valence-corrected chi connectivity index (χ1v) is 20.7. The number of aryl methyl sites for hydroxylation is 1. The topological polar surface area (TPSA) is 157 Å². The van der Waals surface area contributed by atoms with Crippen molar-refractivity contribution in [3.05, 3.63) is 92.2 Å². The third-order valence-electron chi connectivity index (χ3n) is 12.4. The summed E-state index contributed by atoms with van der Waals surface area (Å²) in [7, 11) is 0. The van der Waals surface area contributed by atoms with Gasteiger partial charge in [0.25, 0.3) is 11.8 Å². The molecule has 0 aliphatic carbocycles. The summed E-state index contributed by atoms with van der Waals surface area (Å²) in [6, 6.07) is 13.7. The molecular weight excluding hydrogens is 803 g/mol. The molecule has 0 fully saturated rings. The zero-order valence-electron chi connectivity index (χ0n) is 32.2. The van der Waals surface area contributed by atoms with Gasteiger partial charge in [-0.15, -0.1) is 0 Å². The van der Waals surface area contributed by atoms with Crippen LogP contribution in [0.25, 0.3) is 44.9 Å². The molecule has 12 nitrogen and oxygen atoms in total. The molecular formula is C43H39Cl3N6O6. The largest absolute Gasteiger partial charge is 0.469 e. The van der Waals surface area contributed by atoms with E-state index in [4.69, 9.17) is 58.3 Å². The maximum Gasteiger partial charge on any atom is 0.252 e. The van der Waals surface area contributed by atoms with Crippen LogP contribution in [-0.4, -0.2) is 49.3 Å². The van der Waals surface area contributed by atoms with Gasteiger partial charge in [-0.1, -0.05) is 86.8 Å². The average molecular weight is 842 g/mol. The van der Waals surface area contributed by atoms with Crippen molar-refractivity contribution in [1.29, 1.82) is 0 Å². The Morgan fingerprint density at radius 2 is 1.83 bits per heavy atom. The van der Waals surface area contributed by atoms with E-state index in [1.54, 1.807) is 13.8 Å². The van der Waals surface area contributed by atoms with Crippen molar-refractivity contribution >= 4 is 63.2 Å². The highest BCUT2D eigenvalue weighted by molar-refractivity contribution is 6.38. The highest BCUT2D eigenvalue weighted by atomic mass is 35.5. The Morgan fingerprint density at radius 3 is 2.57 bits per heavy atom. The summed E-state index contributed by atoms with van der Waals surface area (Å²) in [6.07, 6.45) is -0.308. The summed E-state index contributed by atoms with van der Waals surface area (Å²) in [5.41, 5.74) is 3.42. The Hall–Kier alpha value is -5.01. The number of aromatic nitrogens is 3. The van der Waals surface area contributed by atoms with Crippen molar-refractivity contribution in [2.75, 3.05) is 5.32 Å². The van der Waals surface area contributed by atoms with E-state index < -0.39 is 41.1 Å². The molecule has 10 bridgehead atoms. The van der Waals surface area contributed by atoms with Crippen LogP contribution in [0.4, 0.5) is 5.69 Å². The minimum Gasteiger partial charge on any atom is -0.469 e. The van der Waals surface area contributed by atoms with Crippen LogP contribution in [0, 0.1) is 5.92 Å². The lowest BCUT2D eigenvalue weighted by Crippen LogP contribution is -2.55. The van der Waals surface area contributed by atoms with Crippen LogP contribution in [-0.2, 0) is 28.0 Å². The molecule has 4 aliphatic heterocycles. The highest BCUT2D eigenvalue weighted by Crippen LogP contribution is 2.62. The average Bonchev–Trinajstić information content (AvgIpc) is 4.00. The van der Waals surface area contributed by atoms with Crippen LogP contribution in [0.15, 0.2) is 57.4 Å². The van der Waals surface area contributed by atoms with Crippen LogP contribution in [0.2, 0.25) is 15.3 Å². The van der Waals surface area contributed by atoms with E-state index in [0.717, 1.165) is 44.4 Å². The first-order valence-electron chi connectivity index (χ1n) is 19.6. The molecule has 3 aromatic heterocycles. The molecule has 10 rings (SSSR count). The smallest absolute Gasteiger partial charge is 0.252 e. The van der Waals surface area contributed by atoms with Gasteiger partial charge >= 0.3 is 0 Å². The molecule has 0 saturated carbocycles. The monoisotopic (exact) mass is 840 g/mol. The standard InChI is InChI=1S/C43H39Cl3N6O6/c1-6-42(55,7-2)40(54)47-25-15-19-12-13-27-23(14-19)43-24-17-20(44)16-22(31(24)50-41(43)56-27)21-10-9-11-26-28(21)29(36(46)52(26)8-3)33-35(45)51-39(57-33)32-34(43)58-38(49-32)30(18(4)5)48-37(25)53/h9-14,16-18,25,30,41,50,55H,6-8,15H2,1-5H3,(H,47,54)(H,48,53)/t25-,30-,41?,43+/m0/s1. The van der Waals surface area contributed by atoms with Crippen molar-refractivity contribution < 1.29 is 28.3 Å². The zero-order valence-corrected chi connectivity index (χ0v) is 34.5. The second kappa shape index (κ2) is 13.0. The molecule has 4 atom stereocenters. The van der Waals surface area contributed by atoms with Crippen molar-refractivity contribution in [1.82, 2.24) is 25.2 Å². The minimum atomic E-state index is -1.65. The Morgan fingerprint density at radius 1 is 1.03 bits per heavy atom. The van der Waals surface area contributed by atoms with Gasteiger partial charge in [-0.25, -0.2) is 4.98 Å². The molecule has 298 valence electrons. The number of anilines is 1. The van der Waals surface area contributed by atoms with Gasteiger partial charge in [0, 0.05) is 45.8 Å². The number of nitrogens with one attached hydrogen (secondary N) is 3.